The van der Waals surface area contributed by atoms with Gasteiger partial charge in [-0.2, -0.15) is 0 Å². The number of hydrogen-bond acceptors (Lipinski definition) is 13. The van der Waals surface area contributed by atoms with E-state index in [0.29, 0.717) is 35.8 Å². The summed E-state index contributed by atoms with van der Waals surface area (Å²) in [5.41, 5.74) is 0.706. The van der Waals surface area contributed by atoms with Crippen molar-refractivity contribution in [3.63, 3.8) is 0 Å². The monoisotopic (exact) mass is 762 g/mol. The number of esters is 2. The summed E-state index contributed by atoms with van der Waals surface area (Å²) in [6.07, 6.45) is 9.90. The van der Waals surface area contributed by atoms with Gasteiger partial charge in [0, 0.05) is 24.8 Å². The Hall–Kier alpha value is -7.37. The molecule has 2 N–H and O–H groups in total. The highest BCUT2D eigenvalue weighted by molar-refractivity contribution is 6.08. The van der Waals surface area contributed by atoms with Gasteiger partial charge in [0.05, 0.1) is 42.8 Å². The molecule has 17 nitrogen and oxygen atoms in total. The third-order valence-electron chi connectivity index (χ3n) is 8.27. The van der Waals surface area contributed by atoms with Crippen molar-refractivity contribution >= 4 is 35.1 Å². The Morgan fingerprint density at radius 3 is 1.71 bits per heavy atom. The van der Waals surface area contributed by atoms with E-state index in [1.165, 1.54) is 37.7 Å². The minimum atomic E-state index is -0.859. The van der Waals surface area contributed by atoms with E-state index in [1.807, 2.05) is 0 Å². The molecule has 0 saturated heterocycles. The van der Waals surface area contributed by atoms with Crippen LogP contribution in [0.2, 0.25) is 0 Å². The molecule has 0 atom stereocenters. The second-order valence-electron chi connectivity index (χ2n) is 12.4. The number of carbonyl (C=O) groups is 4. The summed E-state index contributed by atoms with van der Waals surface area (Å²) in [4.78, 5) is 60.2. The molecule has 0 saturated carbocycles. The van der Waals surface area contributed by atoms with Gasteiger partial charge in [-0.15, -0.1) is 20.4 Å². The van der Waals surface area contributed by atoms with Crippen LogP contribution in [0.15, 0.2) is 86.0 Å². The number of amides is 2. The van der Waals surface area contributed by atoms with Crippen LogP contribution in [0.4, 0.5) is 15.8 Å². The van der Waals surface area contributed by atoms with Crippen LogP contribution in [0.5, 0.6) is 5.75 Å². The van der Waals surface area contributed by atoms with Crippen LogP contribution in [-0.4, -0.2) is 83.6 Å². The maximum absolute atomic E-state index is 15.5. The van der Waals surface area contributed by atoms with E-state index >= 15 is 4.39 Å². The van der Waals surface area contributed by atoms with E-state index in [4.69, 9.17) is 14.2 Å². The molecule has 18 heteroatoms. The Balaban J connectivity index is 1.22. The summed E-state index contributed by atoms with van der Waals surface area (Å²) in [6.45, 7) is 3.39. The van der Waals surface area contributed by atoms with Gasteiger partial charge in [0.25, 0.3) is 11.8 Å². The van der Waals surface area contributed by atoms with Crippen LogP contribution in [0.3, 0.4) is 0 Å². The summed E-state index contributed by atoms with van der Waals surface area (Å²) < 4.78 is 34.6. The largest absolute Gasteiger partial charge is 0.496 e. The topological polar surface area (TPSA) is 207 Å². The molecule has 6 rings (SSSR count). The zero-order chi connectivity index (χ0) is 39.8. The Labute approximate surface area is 318 Å². The summed E-state index contributed by atoms with van der Waals surface area (Å²) >= 11 is 0. The van der Waals surface area contributed by atoms with Crippen molar-refractivity contribution in [3.8, 4) is 17.4 Å². The zero-order valence-corrected chi connectivity index (χ0v) is 30.6. The van der Waals surface area contributed by atoms with E-state index in [9.17, 15) is 19.2 Å². The third-order valence-corrected chi connectivity index (χ3v) is 8.27. The fourth-order valence-electron chi connectivity index (χ4n) is 5.55. The first kappa shape index (κ1) is 38.4. The van der Waals surface area contributed by atoms with Crippen molar-refractivity contribution in [1.82, 2.24) is 39.5 Å². The van der Waals surface area contributed by atoms with Crippen molar-refractivity contribution in [1.29, 1.82) is 0 Å². The molecule has 2 amide bonds. The van der Waals surface area contributed by atoms with Gasteiger partial charge in [-0.25, -0.2) is 23.9 Å². The predicted molar refractivity (Wildman–Crippen MR) is 198 cm³/mol. The highest BCUT2D eigenvalue weighted by Crippen LogP contribution is 2.31. The molecule has 6 aromatic rings. The number of hydrogen-bond donors (Lipinski definition) is 2. The smallest absolute Gasteiger partial charge is 0.340 e. The molecule has 4 heterocycles. The van der Waals surface area contributed by atoms with E-state index < -0.39 is 35.7 Å². The van der Waals surface area contributed by atoms with Gasteiger partial charge in [0.2, 0.25) is 0 Å². The maximum atomic E-state index is 15.5. The number of aryl methyl sites for hydroxylation is 2. The second kappa shape index (κ2) is 17.2. The fraction of sp³-hybridized carbons (Fsp3) is 0.211. The first-order valence-electron chi connectivity index (χ1n) is 17.1. The first-order valence-corrected chi connectivity index (χ1v) is 17.1. The summed E-state index contributed by atoms with van der Waals surface area (Å²) in [5, 5.41) is 21.5. The predicted octanol–water partition coefficient (Wildman–Crippen LogP) is 4.82. The average molecular weight is 763 g/mol. The number of ether oxygens (including phenoxy) is 3. The molecule has 4 aromatic heterocycles. The number of imidazole rings is 2. The van der Waals surface area contributed by atoms with Crippen LogP contribution in [0.1, 0.15) is 73.1 Å². The van der Waals surface area contributed by atoms with Crippen LogP contribution in [0, 0.1) is 5.82 Å². The number of benzene rings is 2. The van der Waals surface area contributed by atoms with Crippen LogP contribution >= 0.6 is 0 Å². The Kier molecular flexibility index (Phi) is 11.8. The van der Waals surface area contributed by atoms with Gasteiger partial charge >= 0.3 is 11.9 Å². The number of nitrogens with zero attached hydrogens (tertiary/aromatic N) is 8. The molecule has 0 aliphatic rings. The minimum Gasteiger partial charge on any atom is -0.496 e. The normalized spacial score (nSPS) is 10.9. The lowest BCUT2D eigenvalue weighted by Crippen LogP contribution is -2.19. The molecule has 0 aliphatic heterocycles. The van der Waals surface area contributed by atoms with Crippen molar-refractivity contribution in [2.75, 3.05) is 24.9 Å². The molecule has 0 radical (unpaired) electrons. The van der Waals surface area contributed by atoms with Crippen molar-refractivity contribution in [2.24, 2.45) is 0 Å². The summed E-state index contributed by atoms with van der Waals surface area (Å²) in [7, 11) is 2.58. The number of aromatic nitrogens is 8. The lowest BCUT2D eigenvalue weighted by atomic mass is 9.98. The highest BCUT2D eigenvalue weighted by atomic mass is 19.1. The van der Waals surface area contributed by atoms with Crippen molar-refractivity contribution in [2.45, 2.75) is 39.2 Å². The van der Waals surface area contributed by atoms with Crippen LogP contribution in [-0.2, 0) is 22.3 Å². The van der Waals surface area contributed by atoms with Crippen molar-refractivity contribution in [3.05, 3.63) is 125 Å². The van der Waals surface area contributed by atoms with Crippen molar-refractivity contribution < 1.29 is 37.8 Å². The van der Waals surface area contributed by atoms with E-state index in [2.05, 4.69) is 41.0 Å². The van der Waals surface area contributed by atoms with Gasteiger partial charge in [0.1, 0.15) is 24.2 Å². The quantitative estimate of drug-likeness (QED) is 0.143. The number of nitrogens with one attached hydrogen (secondary N) is 2. The Morgan fingerprint density at radius 2 is 1.25 bits per heavy atom. The standard InChI is InChI=1S/C38H35FN10O7/c1-22(2)56-38(53)26-19-32(54-3)24(17-31(26)43-36(51)29-9-11-34(47-45-29)49-15-13-41-21-49)7-5-6-23-16-30(25(18-27(23)39)37(52)55-4)42-35(50)28-8-10-33(46-44-28)48-14-12-40-20-48/h8-22H,5-7H2,1-4H3,(H,42,50)(H,43,51). The van der Waals surface area contributed by atoms with E-state index in [-0.39, 0.29) is 45.9 Å². The molecule has 56 heavy (non-hydrogen) atoms. The highest BCUT2D eigenvalue weighted by Gasteiger charge is 2.23. The average Bonchev–Trinajstić information content (AvgIpc) is 3.95. The summed E-state index contributed by atoms with van der Waals surface area (Å²) in [5.74, 6) is -2.35. The van der Waals surface area contributed by atoms with Gasteiger partial charge in [-0.3, -0.25) is 18.7 Å². The minimum absolute atomic E-state index is 0.00971. The SMILES string of the molecule is COC(=O)c1cc(F)c(CCCc2cc(NC(=O)c3ccc(-n4ccnc4)nn3)c(C(=O)OC(C)C)cc2OC)cc1NC(=O)c1ccc(-n2ccnc2)nn1. The van der Waals surface area contributed by atoms with Gasteiger partial charge in [-0.1, -0.05) is 0 Å². The molecule has 2 aromatic carbocycles. The molecular weight excluding hydrogens is 727 g/mol. The number of methoxy groups -OCH3 is 2. The van der Waals surface area contributed by atoms with Crippen LogP contribution in [0.25, 0.3) is 11.6 Å². The fourth-order valence-corrected chi connectivity index (χ4v) is 5.55. The molecule has 286 valence electrons. The number of anilines is 2. The number of halogens is 1. The lowest BCUT2D eigenvalue weighted by Gasteiger charge is -2.17. The molecule has 0 spiro atoms. The first-order chi connectivity index (χ1) is 27.0. The zero-order valence-electron chi connectivity index (χ0n) is 30.6. The molecular formula is C38H35FN10O7. The summed E-state index contributed by atoms with van der Waals surface area (Å²) in [6, 6.07) is 11.5. The maximum Gasteiger partial charge on any atom is 0.340 e. The van der Waals surface area contributed by atoms with E-state index in [0.717, 1.165) is 13.2 Å². The van der Waals surface area contributed by atoms with E-state index in [1.54, 1.807) is 72.3 Å². The van der Waals surface area contributed by atoms with Crippen LogP contribution < -0.4 is 15.4 Å². The second-order valence-corrected chi connectivity index (χ2v) is 12.4. The number of rotatable bonds is 14. The Morgan fingerprint density at radius 1 is 0.714 bits per heavy atom. The molecule has 0 unspecified atom stereocenters. The Bertz CT molecular complexity index is 2350. The third kappa shape index (κ3) is 8.87. The molecule has 0 aliphatic carbocycles. The van der Waals surface area contributed by atoms with Gasteiger partial charge in [-0.05, 0) is 92.8 Å². The lowest BCUT2D eigenvalue weighted by molar-refractivity contribution is 0.0378. The molecule has 0 fully saturated rings. The van der Waals surface area contributed by atoms with Gasteiger partial charge in [0.15, 0.2) is 23.0 Å². The molecule has 0 bridgehead atoms. The number of carbonyl (C=O) groups excluding carboxylic acids is 4. The van der Waals surface area contributed by atoms with Gasteiger partial charge < -0.3 is 24.8 Å².